The van der Waals surface area contributed by atoms with Crippen LogP contribution in [-0.2, 0) is 25.3 Å². The standard InChI is InChI=1S/C18H27BO4/c1-16(2,3)21-15(20)12-13-10-8-9-11-14(13)19-22-17(4,5)18(6,7)23-19/h8-11H,12H2,1-7H3. The number of hydrogen-bond acceptors (Lipinski definition) is 4. The highest BCUT2D eigenvalue weighted by Crippen LogP contribution is 2.36. The molecular weight excluding hydrogens is 291 g/mol. The fraction of sp³-hybridized carbons (Fsp3) is 0.611. The van der Waals surface area contributed by atoms with E-state index in [0.29, 0.717) is 0 Å². The molecule has 0 aliphatic carbocycles. The van der Waals surface area contributed by atoms with Crippen molar-refractivity contribution in [1.82, 2.24) is 0 Å². The quantitative estimate of drug-likeness (QED) is 0.635. The second kappa shape index (κ2) is 5.95. The minimum Gasteiger partial charge on any atom is -0.460 e. The van der Waals surface area contributed by atoms with Crippen LogP contribution in [0.2, 0.25) is 0 Å². The smallest absolute Gasteiger partial charge is 0.460 e. The molecule has 1 fully saturated rings. The van der Waals surface area contributed by atoms with Crippen molar-refractivity contribution in [3.05, 3.63) is 29.8 Å². The summed E-state index contributed by atoms with van der Waals surface area (Å²) in [5.41, 5.74) is 0.460. The van der Waals surface area contributed by atoms with Crippen molar-refractivity contribution in [3.63, 3.8) is 0 Å². The van der Waals surface area contributed by atoms with Crippen molar-refractivity contribution in [3.8, 4) is 0 Å². The van der Waals surface area contributed by atoms with E-state index in [4.69, 9.17) is 14.0 Å². The van der Waals surface area contributed by atoms with E-state index >= 15 is 0 Å². The van der Waals surface area contributed by atoms with E-state index < -0.39 is 23.9 Å². The average Bonchev–Trinajstić information content (AvgIpc) is 2.56. The zero-order valence-corrected chi connectivity index (χ0v) is 15.2. The highest BCUT2D eigenvalue weighted by molar-refractivity contribution is 6.62. The molecule has 5 heteroatoms. The molecule has 0 spiro atoms. The number of carbonyl (C=O) groups is 1. The molecule has 4 nitrogen and oxygen atoms in total. The third-order valence-corrected chi connectivity index (χ3v) is 4.32. The van der Waals surface area contributed by atoms with Crippen LogP contribution in [0.5, 0.6) is 0 Å². The fourth-order valence-electron chi connectivity index (χ4n) is 2.43. The summed E-state index contributed by atoms with van der Waals surface area (Å²) in [6.07, 6.45) is 0.206. The fourth-order valence-corrected chi connectivity index (χ4v) is 2.43. The van der Waals surface area contributed by atoms with Gasteiger partial charge >= 0.3 is 13.1 Å². The van der Waals surface area contributed by atoms with Gasteiger partial charge in [-0.25, -0.2) is 0 Å². The topological polar surface area (TPSA) is 44.8 Å². The zero-order chi connectivity index (χ0) is 17.5. The maximum atomic E-state index is 12.1. The number of ether oxygens (including phenoxy) is 1. The summed E-state index contributed by atoms with van der Waals surface area (Å²) < 4.78 is 17.6. The molecule has 0 radical (unpaired) electrons. The molecule has 0 amide bonds. The van der Waals surface area contributed by atoms with Gasteiger partial charge in [0.1, 0.15) is 5.60 Å². The lowest BCUT2D eigenvalue weighted by Gasteiger charge is -2.32. The zero-order valence-electron chi connectivity index (χ0n) is 15.2. The maximum Gasteiger partial charge on any atom is 0.495 e. The van der Waals surface area contributed by atoms with Crippen molar-refractivity contribution in [1.29, 1.82) is 0 Å². The minimum absolute atomic E-state index is 0.206. The number of benzene rings is 1. The number of hydrogen-bond donors (Lipinski definition) is 0. The molecule has 2 rings (SSSR count). The first kappa shape index (κ1) is 18.0. The Bertz CT molecular complexity index is 571. The van der Waals surface area contributed by atoms with Crippen LogP contribution in [0.1, 0.15) is 54.0 Å². The molecule has 1 aliphatic rings. The second-order valence-electron chi connectivity index (χ2n) is 8.05. The predicted molar refractivity (Wildman–Crippen MR) is 91.7 cm³/mol. The molecule has 0 N–H and O–H groups in total. The molecule has 0 unspecified atom stereocenters. The lowest BCUT2D eigenvalue weighted by Crippen LogP contribution is -2.41. The number of esters is 1. The molecule has 126 valence electrons. The van der Waals surface area contributed by atoms with Gasteiger partial charge in [-0.2, -0.15) is 0 Å². The molecular formula is C18H27BO4. The van der Waals surface area contributed by atoms with E-state index in [0.717, 1.165) is 11.0 Å². The van der Waals surface area contributed by atoms with Gasteiger partial charge in [-0.15, -0.1) is 0 Å². The second-order valence-corrected chi connectivity index (χ2v) is 8.05. The van der Waals surface area contributed by atoms with Crippen LogP contribution in [0.3, 0.4) is 0 Å². The van der Waals surface area contributed by atoms with E-state index in [2.05, 4.69) is 0 Å². The molecule has 0 atom stereocenters. The van der Waals surface area contributed by atoms with Crippen LogP contribution in [-0.4, -0.2) is 29.9 Å². The van der Waals surface area contributed by atoms with Crippen molar-refractivity contribution in [2.24, 2.45) is 0 Å². The lowest BCUT2D eigenvalue weighted by atomic mass is 9.75. The monoisotopic (exact) mass is 318 g/mol. The van der Waals surface area contributed by atoms with E-state index in [1.54, 1.807) is 0 Å². The van der Waals surface area contributed by atoms with E-state index in [1.165, 1.54) is 0 Å². The Morgan fingerprint density at radius 2 is 1.61 bits per heavy atom. The Hall–Kier alpha value is -1.33. The van der Waals surface area contributed by atoms with E-state index in [9.17, 15) is 4.79 Å². The summed E-state index contributed by atoms with van der Waals surface area (Å²) >= 11 is 0. The largest absolute Gasteiger partial charge is 0.495 e. The van der Waals surface area contributed by atoms with Crippen LogP contribution in [0.15, 0.2) is 24.3 Å². The molecule has 1 aromatic rings. The first-order chi connectivity index (χ1) is 10.4. The molecule has 23 heavy (non-hydrogen) atoms. The third kappa shape index (κ3) is 4.15. The minimum atomic E-state index is -0.490. The van der Waals surface area contributed by atoms with Gasteiger partial charge in [0, 0.05) is 0 Å². The Labute approximate surface area is 139 Å². The summed E-state index contributed by atoms with van der Waals surface area (Å²) in [4.78, 5) is 12.1. The van der Waals surface area contributed by atoms with Crippen LogP contribution in [0, 0.1) is 0 Å². The molecule has 0 aromatic heterocycles. The Balaban J connectivity index is 2.21. The van der Waals surface area contributed by atoms with Crippen LogP contribution < -0.4 is 5.46 Å². The average molecular weight is 318 g/mol. The van der Waals surface area contributed by atoms with Crippen LogP contribution in [0.4, 0.5) is 0 Å². The predicted octanol–water partition coefficient (Wildman–Crippen LogP) is 2.87. The molecule has 1 heterocycles. The normalized spacial score (nSPS) is 19.7. The van der Waals surface area contributed by atoms with Gasteiger partial charge in [0.15, 0.2) is 0 Å². The molecule has 0 saturated carbocycles. The van der Waals surface area contributed by atoms with Gasteiger partial charge in [-0.05, 0) is 59.5 Å². The van der Waals surface area contributed by atoms with Crippen LogP contribution >= 0.6 is 0 Å². The molecule has 1 aliphatic heterocycles. The molecule has 0 bridgehead atoms. The Kier molecular flexibility index (Phi) is 4.66. The SMILES string of the molecule is CC(C)(C)OC(=O)Cc1ccccc1B1OC(C)(C)C(C)(C)O1. The Morgan fingerprint density at radius 3 is 2.13 bits per heavy atom. The lowest BCUT2D eigenvalue weighted by molar-refractivity contribution is -0.153. The third-order valence-electron chi connectivity index (χ3n) is 4.32. The van der Waals surface area contributed by atoms with Gasteiger partial charge in [-0.3, -0.25) is 4.79 Å². The summed E-state index contributed by atoms with van der Waals surface area (Å²) in [7, 11) is -0.473. The molecule has 1 saturated heterocycles. The highest BCUT2D eigenvalue weighted by atomic mass is 16.7. The van der Waals surface area contributed by atoms with Gasteiger partial charge in [0.05, 0.1) is 17.6 Å². The van der Waals surface area contributed by atoms with E-state index in [-0.39, 0.29) is 12.4 Å². The number of rotatable bonds is 3. The number of carbonyl (C=O) groups excluding carboxylic acids is 1. The van der Waals surface area contributed by atoms with Gasteiger partial charge in [0.25, 0.3) is 0 Å². The van der Waals surface area contributed by atoms with Gasteiger partial charge < -0.3 is 14.0 Å². The van der Waals surface area contributed by atoms with Crippen molar-refractivity contribution in [2.45, 2.75) is 71.7 Å². The first-order valence-electron chi connectivity index (χ1n) is 8.07. The van der Waals surface area contributed by atoms with Crippen molar-refractivity contribution < 1.29 is 18.8 Å². The summed E-state index contributed by atoms with van der Waals surface area (Å²) in [5, 5.41) is 0. The van der Waals surface area contributed by atoms with Crippen LogP contribution in [0.25, 0.3) is 0 Å². The highest BCUT2D eigenvalue weighted by Gasteiger charge is 2.52. The summed E-state index contributed by atoms with van der Waals surface area (Å²) in [5.74, 6) is -0.249. The first-order valence-corrected chi connectivity index (χ1v) is 8.07. The van der Waals surface area contributed by atoms with Gasteiger partial charge in [-0.1, -0.05) is 24.3 Å². The summed E-state index contributed by atoms with van der Waals surface area (Å²) in [6.45, 7) is 13.7. The van der Waals surface area contributed by atoms with Crippen molar-refractivity contribution in [2.75, 3.05) is 0 Å². The summed E-state index contributed by atoms with van der Waals surface area (Å²) in [6, 6.07) is 7.71. The van der Waals surface area contributed by atoms with Crippen molar-refractivity contribution >= 4 is 18.6 Å². The van der Waals surface area contributed by atoms with E-state index in [1.807, 2.05) is 72.7 Å². The maximum absolute atomic E-state index is 12.1. The Morgan fingerprint density at radius 1 is 1.09 bits per heavy atom. The van der Waals surface area contributed by atoms with Gasteiger partial charge in [0.2, 0.25) is 0 Å². The molecule has 1 aromatic carbocycles.